The maximum absolute atomic E-state index is 4.26. The lowest BCUT2D eigenvalue weighted by molar-refractivity contribution is 0.590. The number of rotatable bonds is 2. The van der Waals surface area contributed by atoms with Crippen LogP contribution in [-0.4, -0.2) is 4.98 Å². The van der Waals surface area contributed by atoms with E-state index in [0.717, 1.165) is 5.69 Å². The van der Waals surface area contributed by atoms with Gasteiger partial charge in [0.1, 0.15) is 0 Å². The van der Waals surface area contributed by atoms with Crippen LogP contribution < -0.4 is 0 Å². The number of aromatic nitrogens is 1. The number of halogens is 1. The van der Waals surface area contributed by atoms with Gasteiger partial charge in [0.15, 0.2) is 0 Å². The quantitative estimate of drug-likeness (QED) is 0.753. The lowest BCUT2D eigenvalue weighted by atomic mass is 9.87. The van der Waals surface area contributed by atoms with E-state index in [2.05, 4.69) is 56.1 Å². The molecule has 0 atom stereocenters. The Kier molecular flexibility index (Phi) is 5.31. The monoisotopic (exact) mass is 273 g/mol. The van der Waals surface area contributed by atoms with E-state index in [4.69, 9.17) is 0 Å². The van der Waals surface area contributed by atoms with Crippen molar-refractivity contribution in [2.45, 2.75) is 26.2 Å². The Hall–Kier alpha value is -1.60. The number of hydrogen-bond donors (Lipinski definition) is 0. The molecular weight excluding hydrogens is 254 g/mol. The van der Waals surface area contributed by atoms with Crippen molar-refractivity contribution in [2.75, 3.05) is 0 Å². The highest BCUT2D eigenvalue weighted by atomic mass is 35.5. The van der Waals surface area contributed by atoms with Gasteiger partial charge >= 0.3 is 0 Å². The number of nitrogens with zero attached hydrogens (tertiary/aromatic N) is 1. The van der Waals surface area contributed by atoms with E-state index in [0.29, 0.717) is 0 Å². The molecule has 0 saturated heterocycles. The number of benzene rings is 1. The third kappa shape index (κ3) is 4.53. The Bertz CT molecular complexity index is 521. The van der Waals surface area contributed by atoms with Gasteiger partial charge in [-0.25, -0.2) is 0 Å². The van der Waals surface area contributed by atoms with E-state index in [9.17, 15) is 0 Å². The molecule has 2 aromatic rings. The molecule has 1 aromatic carbocycles. The molecule has 1 nitrogen and oxygen atoms in total. The van der Waals surface area contributed by atoms with Gasteiger partial charge in [-0.15, -0.1) is 12.4 Å². The third-order valence-corrected chi connectivity index (χ3v) is 2.91. The first-order valence-electron chi connectivity index (χ1n) is 6.25. The van der Waals surface area contributed by atoms with Crippen molar-refractivity contribution in [1.82, 2.24) is 4.98 Å². The summed E-state index contributed by atoms with van der Waals surface area (Å²) in [5, 5.41) is 0. The van der Waals surface area contributed by atoms with Crippen LogP contribution in [0.15, 0.2) is 48.7 Å². The van der Waals surface area contributed by atoms with E-state index in [-0.39, 0.29) is 17.8 Å². The zero-order valence-electron chi connectivity index (χ0n) is 11.6. The van der Waals surface area contributed by atoms with Crippen LogP contribution in [-0.2, 0) is 5.41 Å². The molecule has 0 aliphatic carbocycles. The normalized spacial score (nSPS) is 11.3. The van der Waals surface area contributed by atoms with Gasteiger partial charge in [0.2, 0.25) is 0 Å². The fourth-order valence-corrected chi connectivity index (χ4v) is 1.75. The molecule has 0 radical (unpaired) electrons. The van der Waals surface area contributed by atoms with Gasteiger partial charge in [0.25, 0.3) is 0 Å². The maximum atomic E-state index is 4.26. The molecule has 0 N–H and O–H groups in total. The molecular formula is C17H20ClN. The topological polar surface area (TPSA) is 12.9 Å². The summed E-state index contributed by atoms with van der Waals surface area (Å²) >= 11 is 0. The Morgan fingerprint density at radius 2 is 1.58 bits per heavy atom. The number of pyridine rings is 1. The van der Waals surface area contributed by atoms with Gasteiger partial charge in [-0.05, 0) is 34.8 Å². The summed E-state index contributed by atoms with van der Waals surface area (Å²) in [6, 6.07) is 14.6. The second-order valence-corrected chi connectivity index (χ2v) is 5.46. The molecule has 0 spiro atoms. The first kappa shape index (κ1) is 15.5. The average Bonchev–Trinajstić information content (AvgIpc) is 2.37. The summed E-state index contributed by atoms with van der Waals surface area (Å²) in [4.78, 5) is 4.26. The van der Waals surface area contributed by atoms with Crippen molar-refractivity contribution < 1.29 is 0 Å². The van der Waals surface area contributed by atoms with Gasteiger partial charge in [-0.3, -0.25) is 4.98 Å². The summed E-state index contributed by atoms with van der Waals surface area (Å²) in [5.41, 5.74) is 3.76. The zero-order chi connectivity index (χ0) is 13.0. The van der Waals surface area contributed by atoms with Crippen LogP contribution >= 0.6 is 12.4 Å². The first-order chi connectivity index (χ1) is 8.55. The van der Waals surface area contributed by atoms with Crippen molar-refractivity contribution in [3.8, 4) is 0 Å². The van der Waals surface area contributed by atoms with Crippen molar-refractivity contribution >= 4 is 24.6 Å². The summed E-state index contributed by atoms with van der Waals surface area (Å²) < 4.78 is 0. The van der Waals surface area contributed by atoms with Crippen LogP contribution in [0.25, 0.3) is 12.2 Å². The van der Waals surface area contributed by atoms with E-state index in [1.54, 1.807) is 0 Å². The minimum Gasteiger partial charge on any atom is -0.257 e. The summed E-state index contributed by atoms with van der Waals surface area (Å²) in [5.74, 6) is 0. The van der Waals surface area contributed by atoms with E-state index in [1.165, 1.54) is 11.1 Å². The molecule has 0 aliphatic heterocycles. The van der Waals surface area contributed by atoms with E-state index >= 15 is 0 Å². The second kappa shape index (κ2) is 6.53. The highest BCUT2D eigenvalue weighted by molar-refractivity contribution is 5.85. The second-order valence-electron chi connectivity index (χ2n) is 5.46. The highest BCUT2D eigenvalue weighted by Gasteiger charge is 2.12. The summed E-state index contributed by atoms with van der Waals surface area (Å²) in [6.45, 7) is 6.68. The largest absolute Gasteiger partial charge is 0.257 e. The molecule has 0 amide bonds. The smallest absolute Gasteiger partial charge is 0.0629 e. The third-order valence-electron chi connectivity index (χ3n) is 2.91. The molecule has 19 heavy (non-hydrogen) atoms. The van der Waals surface area contributed by atoms with Crippen LogP contribution in [0.5, 0.6) is 0 Å². The molecule has 1 heterocycles. The fraction of sp³-hybridized carbons (Fsp3) is 0.235. The Morgan fingerprint density at radius 3 is 2.11 bits per heavy atom. The molecule has 0 unspecified atom stereocenters. The van der Waals surface area contributed by atoms with Crippen molar-refractivity contribution in [3.05, 3.63) is 65.5 Å². The predicted molar refractivity (Wildman–Crippen MR) is 85.6 cm³/mol. The fourth-order valence-electron chi connectivity index (χ4n) is 1.75. The molecule has 0 bridgehead atoms. The van der Waals surface area contributed by atoms with E-state index < -0.39 is 0 Å². The molecule has 0 fully saturated rings. The van der Waals surface area contributed by atoms with Crippen LogP contribution in [0.4, 0.5) is 0 Å². The molecule has 1 aromatic heterocycles. The van der Waals surface area contributed by atoms with Gasteiger partial charge < -0.3 is 0 Å². The van der Waals surface area contributed by atoms with Crippen molar-refractivity contribution in [2.24, 2.45) is 0 Å². The van der Waals surface area contributed by atoms with Gasteiger partial charge in [-0.2, -0.15) is 0 Å². The van der Waals surface area contributed by atoms with Gasteiger partial charge in [0.05, 0.1) is 5.69 Å². The lowest BCUT2D eigenvalue weighted by Crippen LogP contribution is -2.10. The molecule has 0 saturated carbocycles. The van der Waals surface area contributed by atoms with Gasteiger partial charge in [-0.1, -0.05) is 57.2 Å². The Labute approximate surface area is 121 Å². The average molecular weight is 274 g/mol. The molecule has 2 rings (SSSR count). The maximum Gasteiger partial charge on any atom is 0.0629 e. The summed E-state index contributed by atoms with van der Waals surface area (Å²) in [7, 11) is 0. The highest BCUT2D eigenvalue weighted by Crippen LogP contribution is 2.22. The standard InChI is InChI=1S/C17H19N.ClH/c1-17(2,3)15-10-7-14(8-11-15)9-12-16-6-4-5-13-18-16;/h4-13H,1-3H3;1H/b12-9+;. The minimum absolute atomic E-state index is 0. The predicted octanol–water partition coefficient (Wildman–Crippen LogP) is 4.97. The van der Waals surface area contributed by atoms with Crippen molar-refractivity contribution in [3.63, 3.8) is 0 Å². The van der Waals surface area contributed by atoms with Crippen LogP contribution in [0.2, 0.25) is 0 Å². The lowest BCUT2D eigenvalue weighted by Gasteiger charge is -2.18. The van der Waals surface area contributed by atoms with Crippen LogP contribution in [0, 0.1) is 0 Å². The zero-order valence-corrected chi connectivity index (χ0v) is 12.4. The van der Waals surface area contributed by atoms with Crippen LogP contribution in [0.3, 0.4) is 0 Å². The Morgan fingerprint density at radius 1 is 0.895 bits per heavy atom. The molecule has 100 valence electrons. The van der Waals surface area contributed by atoms with E-state index in [1.807, 2.05) is 30.5 Å². The Balaban J connectivity index is 0.00000180. The number of hydrogen-bond acceptors (Lipinski definition) is 1. The van der Waals surface area contributed by atoms with Gasteiger partial charge in [0, 0.05) is 6.20 Å². The molecule has 0 aliphatic rings. The first-order valence-corrected chi connectivity index (χ1v) is 6.25. The molecule has 2 heteroatoms. The minimum atomic E-state index is 0. The summed E-state index contributed by atoms with van der Waals surface area (Å²) in [6.07, 6.45) is 5.93. The van der Waals surface area contributed by atoms with Crippen molar-refractivity contribution in [1.29, 1.82) is 0 Å². The SMILES string of the molecule is CC(C)(C)c1ccc(/C=C/c2ccccn2)cc1.Cl. The van der Waals surface area contributed by atoms with Crippen LogP contribution in [0.1, 0.15) is 37.6 Å².